The summed E-state index contributed by atoms with van der Waals surface area (Å²) in [5.41, 5.74) is 0.420. The lowest BCUT2D eigenvalue weighted by atomic mass is 10.2. The molecule has 0 spiro atoms. The molecule has 3 rings (SSSR count). The Morgan fingerprint density at radius 3 is 2.36 bits per heavy atom. The molecule has 0 unspecified atom stereocenters. The molecule has 2 aromatic rings. The summed E-state index contributed by atoms with van der Waals surface area (Å²) in [6.45, 7) is 0. The van der Waals surface area contributed by atoms with E-state index in [-0.39, 0.29) is 11.0 Å². The number of rotatable bonds is 6. The molecular weight excluding hydrogens is 362 g/mol. The fourth-order valence-electron chi connectivity index (χ4n) is 2.85. The van der Waals surface area contributed by atoms with E-state index in [0.29, 0.717) is 22.2 Å². The molecule has 2 aromatic carbocycles. The quantitative estimate of drug-likeness (QED) is 0.801. The van der Waals surface area contributed by atoms with Gasteiger partial charge in [-0.3, -0.25) is 4.72 Å². The Morgan fingerprint density at radius 2 is 1.72 bits per heavy atom. The molecule has 0 aromatic heterocycles. The van der Waals surface area contributed by atoms with Crippen molar-refractivity contribution in [1.29, 1.82) is 0 Å². The fourth-order valence-corrected chi connectivity index (χ4v) is 4.02. The predicted molar refractivity (Wildman–Crippen MR) is 98.1 cm³/mol. The maximum atomic E-state index is 12.5. The highest BCUT2D eigenvalue weighted by molar-refractivity contribution is 7.92. The van der Waals surface area contributed by atoms with Crippen LogP contribution >= 0.6 is 11.6 Å². The number of nitrogens with one attached hydrogen (secondary N) is 1. The van der Waals surface area contributed by atoms with Crippen molar-refractivity contribution in [3.63, 3.8) is 0 Å². The minimum Gasteiger partial charge on any atom is -0.493 e. The Hall–Kier alpha value is -1.92. The highest BCUT2D eigenvalue weighted by atomic mass is 35.5. The topological polar surface area (TPSA) is 64.6 Å². The number of anilines is 1. The third-order valence-corrected chi connectivity index (χ3v) is 5.78. The average molecular weight is 382 g/mol. The number of benzene rings is 2. The van der Waals surface area contributed by atoms with Crippen molar-refractivity contribution in [3.8, 4) is 11.5 Å². The van der Waals surface area contributed by atoms with Crippen LogP contribution in [0.15, 0.2) is 47.4 Å². The number of sulfonamides is 1. The summed E-state index contributed by atoms with van der Waals surface area (Å²) in [4.78, 5) is 0.144. The molecule has 0 aliphatic heterocycles. The van der Waals surface area contributed by atoms with E-state index < -0.39 is 10.0 Å². The van der Waals surface area contributed by atoms with Crippen molar-refractivity contribution in [2.45, 2.75) is 36.7 Å². The van der Waals surface area contributed by atoms with Gasteiger partial charge >= 0.3 is 0 Å². The Balaban J connectivity index is 1.83. The molecule has 1 fully saturated rings. The van der Waals surface area contributed by atoms with Gasteiger partial charge in [0.05, 0.1) is 23.8 Å². The number of halogens is 1. The number of ether oxygens (including phenoxy) is 2. The zero-order chi connectivity index (χ0) is 17.9. The largest absolute Gasteiger partial charge is 0.493 e. The summed E-state index contributed by atoms with van der Waals surface area (Å²) in [5.74, 6) is 1.13. The SMILES string of the molecule is COc1ccc(NS(=O)(=O)c2ccc(Cl)cc2)cc1OC1CCCC1. The Kier molecular flexibility index (Phi) is 5.39. The Bertz CT molecular complexity index is 831. The summed E-state index contributed by atoms with van der Waals surface area (Å²) < 4.78 is 38.9. The molecule has 1 aliphatic rings. The predicted octanol–water partition coefficient (Wildman–Crippen LogP) is 4.47. The van der Waals surface area contributed by atoms with Gasteiger partial charge in [-0.15, -0.1) is 0 Å². The molecule has 0 amide bonds. The van der Waals surface area contributed by atoms with Gasteiger partial charge in [-0.2, -0.15) is 0 Å². The van der Waals surface area contributed by atoms with Gasteiger partial charge in [0.15, 0.2) is 11.5 Å². The summed E-state index contributed by atoms with van der Waals surface area (Å²) in [7, 11) is -2.13. The fraction of sp³-hybridized carbons (Fsp3) is 0.333. The number of hydrogen-bond donors (Lipinski definition) is 1. The highest BCUT2D eigenvalue weighted by Crippen LogP contribution is 2.34. The molecule has 0 saturated heterocycles. The standard InChI is InChI=1S/C18H20ClNO4S/c1-23-17-11-8-14(12-18(17)24-15-4-2-3-5-15)20-25(21,22)16-9-6-13(19)7-10-16/h6-12,15,20H,2-5H2,1H3. The van der Waals surface area contributed by atoms with Crippen LogP contribution in [-0.2, 0) is 10.0 Å². The van der Waals surface area contributed by atoms with E-state index in [4.69, 9.17) is 21.1 Å². The van der Waals surface area contributed by atoms with Crippen molar-refractivity contribution < 1.29 is 17.9 Å². The van der Waals surface area contributed by atoms with Gasteiger partial charge in [0.1, 0.15) is 0 Å². The number of methoxy groups -OCH3 is 1. The van der Waals surface area contributed by atoms with Gasteiger partial charge in [0.25, 0.3) is 10.0 Å². The monoisotopic (exact) mass is 381 g/mol. The van der Waals surface area contributed by atoms with Crippen LogP contribution in [0.5, 0.6) is 11.5 Å². The molecule has 5 nitrogen and oxygen atoms in total. The molecule has 0 atom stereocenters. The van der Waals surface area contributed by atoms with E-state index in [1.54, 1.807) is 37.4 Å². The molecule has 25 heavy (non-hydrogen) atoms. The van der Waals surface area contributed by atoms with Crippen LogP contribution in [0.3, 0.4) is 0 Å². The summed E-state index contributed by atoms with van der Waals surface area (Å²) in [6, 6.07) is 11.0. The molecule has 7 heteroatoms. The van der Waals surface area contributed by atoms with Crippen LogP contribution in [0.25, 0.3) is 0 Å². The summed E-state index contributed by atoms with van der Waals surface area (Å²) in [6.07, 6.45) is 4.46. The molecule has 1 aliphatic carbocycles. The van der Waals surface area contributed by atoms with Crippen LogP contribution in [-0.4, -0.2) is 21.6 Å². The smallest absolute Gasteiger partial charge is 0.261 e. The molecular formula is C18H20ClNO4S. The van der Waals surface area contributed by atoms with Crippen molar-refractivity contribution in [1.82, 2.24) is 0 Å². The second kappa shape index (κ2) is 7.54. The normalized spacial score (nSPS) is 15.1. The minimum atomic E-state index is -3.70. The zero-order valence-electron chi connectivity index (χ0n) is 13.9. The highest BCUT2D eigenvalue weighted by Gasteiger charge is 2.20. The van der Waals surface area contributed by atoms with E-state index >= 15 is 0 Å². The third-order valence-electron chi connectivity index (χ3n) is 4.14. The summed E-state index contributed by atoms with van der Waals surface area (Å²) >= 11 is 5.81. The van der Waals surface area contributed by atoms with Crippen molar-refractivity contribution in [3.05, 3.63) is 47.5 Å². The lowest BCUT2D eigenvalue weighted by molar-refractivity contribution is 0.201. The van der Waals surface area contributed by atoms with Gasteiger partial charge in [0.2, 0.25) is 0 Å². The molecule has 0 bridgehead atoms. The zero-order valence-corrected chi connectivity index (χ0v) is 15.4. The molecule has 1 N–H and O–H groups in total. The second-order valence-corrected chi connectivity index (χ2v) is 8.07. The maximum absolute atomic E-state index is 12.5. The van der Waals surface area contributed by atoms with E-state index in [1.165, 1.54) is 12.1 Å². The Morgan fingerprint density at radius 1 is 1.04 bits per heavy atom. The van der Waals surface area contributed by atoms with Gasteiger partial charge < -0.3 is 9.47 Å². The van der Waals surface area contributed by atoms with Gasteiger partial charge in [-0.1, -0.05) is 11.6 Å². The van der Waals surface area contributed by atoms with Crippen molar-refractivity contribution in [2.24, 2.45) is 0 Å². The molecule has 1 saturated carbocycles. The Labute approximate surface area is 153 Å². The van der Waals surface area contributed by atoms with Gasteiger partial charge in [0, 0.05) is 11.1 Å². The van der Waals surface area contributed by atoms with Gasteiger partial charge in [-0.05, 0) is 62.1 Å². The first-order valence-corrected chi connectivity index (χ1v) is 9.97. The lowest BCUT2D eigenvalue weighted by Gasteiger charge is -2.17. The molecule has 0 radical (unpaired) electrons. The first kappa shape index (κ1) is 17.9. The van der Waals surface area contributed by atoms with E-state index in [1.807, 2.05) is 0 Å². The maximum Gasteiger partial charge on any atom is 0.261 e. The van der Waals surface area contributed by atoms with E-state index in [9.17, 15) is 8.42 Å². The van der Waals surface area contributed by atoms with E-state index in [2.05, 4.69) is 4.72 Å². The first-order valence-electron chi connectivity index (χ1n) is 8.11. The van der Waals surface area contributed by atoms with Crippen molar-refractivity contribution >= 4 is 27.3 Å². The van der Waals surface area contributed by atoms with Crippen LogP contribution < -0.4 is 14.2 Å². The van der Waals surface area contributed by atoms with Crippen LogP contribution in [0.4, 0.5) is 5.69 Å². The number of hydrogen-bond acceptors (Lipinski definition) is 4. The van der Waals surface area contributed by atoms with Crippen LogP contribution in [0.2, 0.25) is 5.02 Å². The van der Waals surface area contributed by atoms with E-state index in [0.717, 1.165) is 25.7 Å². The molecule has 134 valence electrons. The lowest BCUT2D eigenvalue weighted by Crippen LogP contribution is -2.14. The summed E-state index contributed by atoms with van der Waals surface area (Å²) in [5, 5.41) is 0.482. The molecule has 0 heterocycles. The first-order chi connectivity index (χ1) is 12.0. The van der Waals surface area contributed by atoms with Crippen LogP contribution in [0.1, 0.15) is 25.7 Å². The average Bonchev–Trinajstić information content (AvgIpc) is 3.08. The van der Waals surface area contributed by atoms with Crippen LogP contribution in [0, 0.1) is 0 Å². The minimum absolute atomic E-state index is 0.144. The third kappa shape index (κ3) is 4.38. The van der Waals surface area contributed by atoms with Crippen molar-refractivity contribution in [2.75, 3.05) is 11.8 Å². The van der Waals surface area contributed by atoms with Gasteiger partial charge in [-0.25, -0.2) is 8.42 Å². The second-order valence-electron chi connectivity index (χ2n) is 5.95.